The average Bonchev–Trinajstić information content (AvgIpc) is 2.89. The molecule has 102 valence electrons. The molecule has 0 saturated carbocycles. The van der Waals surface area contributed by atoms with Gasteiger partial charge in [-0.3, -0.25) is 0 Å². The Morgan fingerprint density at radius 2 is 1.85 bits per heavy atom. The molecule has 0 aliphatic rings. The van der Waals surface area contributed by atoms with E-state index in [-0.39, 0.29) is 4.90 Å². The van der Waals surface area contributed by atoms with E-state index >= 15 is 0 Å². The van der Waals surface area contributed by atoms with Crippen molar-refractivity contribution in [1.82, 2.24) is 8.96 Å². The molecule has 0 fully saturated rings. The number of pyridine rings is 1. The molecule has 2 heterocycles. The Kier molecular flexibility index (Phi) is 3.14. The van der Waals surface area contributed by atoms with Gasteiger partial charge in [0.25, 0.3) is 10.0 Å². The van der Waals surface area contributed by atoms with Gasteiger partial charge >= 0.3 is 0 Å². The maximum absolute atomic E-state index is 12.6. The largest absolute Gasteiger partial charge is 0.269 e. The fraction of sp³-hybridized carbons (Fsp3) is 0.0714. The lowest BCUT2D eigenvalue weighted by atomic mass is 10.2. The molecule has 2 aromatic heterocycles. The Morgan fingerprint density at radius 1 is 1.15 bits per heavy atom. The van der Waals surface area contributed by atoms with Gasteiger partial charge in [0.15, 0.2) is 5.65 Å². The van der Waals surface area contributed by atoms with Crippen LogP contribution in [-0.2, 0) is 10.0 Å². The summed E-state index contributed by atoms with van der Waals surface area (Å²) < 4.78 is 27.3. The first-order valence-electron chi connectivity index (χ1n) is 5.94. The second-order valence-corrected chi connectivity index (χ2v) is 7.03. The molecule has 20 heavy (non-hydrogen) atoms. The van der Waals surface area contributed by atoms with Gasteiger partial charge in [0.2, 0.25) is 0 Å². The fourth-order valence-electron chi connectivity index (χ4n) is 2.03. The normalized spacial score (nSPS) is 11.9. The monoisotopic (exact) mass is 350 g/mol. The van der Waals surface area contributed by atoms with Crippen molar-refractivity contribution in [3.8, 4) is 0 Å². The summed E-state index contributed by atoms with van der Waals surface area (Å²) in [6.45, 7) is 1.92. The van der Waals surface area contributed by atoms with E-state index in [2.05, 4.69) is 20.9 Å². The van der Waals surface area contributed by atoms with E-state index in [4.69, 9.17) is 0 Å². The molecule has 0 bridgehead atoms. The van der Waals surface area contributed by atoms with Gasteiger partial charge in [-0.1, -0.05) is 18.2 Å². The maximum atomic E-state index is 12.6. The smallest absolute Gasteiger partial charge is 0.237 e. The van der Waals surface area contributed by atoms with Gasteiger partial charge in [0, 0.05) is 22.3 Å². The molecule has 3 rings (SSSR count). The van der Waals surface area contributed by atoms with E-state index in [0.29, 0.717) is 5.65 Å². The molecule has 0 aliphatic heterocycles. The van der Waals surface area contributed by atoms with Crippen molar-refractivity contribution in [3.05, 3.63) is 58.8 Å². The fourth-order valence-corrected chi connectivity index (χ4v) is 3.77. The lowest BCUT2D eigenvalue weighted by Gasteiger charge is -2.07. The van der Waals surface area contributed by atoms with Gasteiger partial charge in [0.05, 0.1) is 4.90 Å². The lowest BCUT2D eigenvalue weighted by molar-refractivity contribution is 0.589. The second-order valence-electron chi connectivity index (χ2n) is 4.42. The zero-order valence-electron chi connectivity index (χ0n) is 10.6. The summed E-state index contributed by atoms with van der Waals surface area (Å²) in [6.07, 6.45) is 3.19. The number of hydrogen-bond acceptors (Lipinski definition) is 3. The van der Waals surface area contributed by atoms with E-state index in [1.165, 1.54) is 10.2 Å². The summed E-state index contributed by atoms with van der Waals surface area (Å²) in [6, 6.07) is 10.1. The van der Waals surface area contributed by atoms with E-state index in [1.807, 2.05) is 6.92 Å². The van der Waals surface area contributed by atoms with Crippen LogP contribution in [0.15, 0.2) is 58.2 Å². The van der Waals surface area contributed by atoms with E-state index in [9.17, 15) is 8.42 Å². The van der Waals surface area contributed by atoms with E-state index in [0.717, 1.165) is 15.4 Å². The molecular weight excluding hydrogens is 340 g/mol. The maximum Gasteiger partial charge on any atom is 0.269 e. The minimum atomic E-state index is -3.62. The first-order valence-corrected chi connectivity index (χ1v) is 8.18. The van der Waals surface area contributed by atoms with Crippen LogP contribution in [0.1, 0.15) is 5.56 Å². The number of nitrogens with zero attached hydrogens (tertiary/aromatic N) is 2. The second kappa shape index (κ2) is 4.71. The highest BCUT2D eigenvalue weighted by molar-refractivity contribution is 9.10. The number of hydrogen-bond donors (Lipinski definition) is 0. The molecule has 0 atom stereocenters. The van der Waals surface area contributed by atoms with Crippen molar-refractivity contribution in [2.45, 2.75) is 11.8 Å². The van der Waals surface area contributed by atoms with Crippen molar-refractivity contribution in [2.24, 2.45) is 0 Å². The highest BCUT2D eigenvalue weighted by atomic mass is 79.9. The molecule has 4 nitrogen and oxygen atoms in total. The molecular formula is C14H11BrN2O2S. The van der Waals surface area contributed by atoms with Crippen molar-refractivity contribution in [3.63, 3.8) is 0 Å². The van der Waals surface area contributed by atoms with Crippen LogP contribution in [0.2, 0.25) is 0 Å². The minimum absolute atomic E-state index is 0.246. The van der Waals surface area contributed by atoms with Crippen LogP contribution in [0, 0.1) is 6.92 Å². The molecule has 3 aromatic rings. The average molecular weight is 351 g/mol. The van der Waals surface area contributed by atoms with Crippen LogP contribution in [0.5, 0.6) is 0 Å². The van der Waals surface area contributed by atoms with Gasteiger partial charge in [-0.05, 0) is 46.6 Å². The van der Waals surface area contributed by atoms with Gasteiger partial charge in [-0.2, -0.15) is 0 Å². The number of benzene rings is 1. The zero-order valence-corrected chi connectivity index (χ0v) is 13.0. The summed E-state index contributed by atoms with van der Waals surface area (Å²) in [5.74, 6) is 0. The van der Waals surface area contributed by atoms with Crippen LogP contribution in [0.4, 0.5) is 0 Å². The van der Waals surface area contributed by atoms with Gasteiger partial charge < -0.3 is 0 Å². The summed E-state index contributed by atoms with van der Waals surface area (Å²) in [5, 5.41) is 0.782. The number of halogens is 1. The molecule has 0 N–H and O–H groups in total. The van der Waals surface area contributed by atoms with Crippen molar-refractivity contribution < 1.29 is 8.42 Å². The number of aromatic nitrogens is 2. The molecule has 0 spiro atoms. The molecule has 1 aromatic carbocycles. The first-order chi connectivity index (χ1) is 9.51. The summed E-state index contributed by atoms with van der Waals surface area (Å²) >= 11 is 3.47. The molecule has 0 unspecified atom stereocenters. The van der Waals surface area contributed by atoms with Crippen molar-refractivity contribution in [1.29, 1.82) is 0 Å². The van der Waals surface area contributed by atoms with E-state index in [1.54, 1.807) is 42.6 Å². The Labute approximate surface area is 125 Å². The third kappa shape index (κ3) is 1.96. The lowest BCUT2D eigenvalue weighted by Crippen LogP contribution is -2.12. The predicted molar refractivity (Wildman–Crippen MR) is 81.2 cm³/mol. The van der Waals surface area contributed by atoms with Gasteiger partial charge in [0.1, 0.15) is 0 Å². The van der Waals surface area contributed by atoms with Gasteiger partial charge in [-0.15, -0.1) is 0 Å². The molecule has 0 radical (unpaired) electrons. The molecule has 0 saturated heterocycles. The van der Waals surface area contributed by atoms with Crippen LogP contribution >= 0.6 is 15.9 Å². The predicted octanol–water partition coefficient (Wildman–Crippen LogP) is 3.34. The van der Waals surface area contributed by atoms with Crippen molar-refractivity contribution in [2.75, 3.05) is 0 Å². The summed E-state index contributed by atoms with van der Waals surface area (Å²) in [5.41, 5.74) is 1.39. The first kappa shape index (κ1) is 13.3. The third-order valence-electron chi connectivity index (χ3n) is 3.09. The van der Waals surface area contributed by atoms with Crippen LogP contribution in [0.25, 0.3) is 11.0 Å². The molecule has 6 heteroatoms. The van der Waals surface area contributed by atoms with Crippen LogP contribution < -0.4 is 0 Å². The Morgan fingerprint density at radius 3 is 2.55 bits per heavy atom. The van der Waals surface area contributed by atoms with Crippen LogP contribution in [-0.4, -0.2) is 17.4 Å². The SMILES string of the molecule is Cc1cnc2c(ccn2S(=O)(=O)c2ccccc2)c1Br. The van der Waals surface area contributed by atoms with Gasteiger partial charge in [-0.25, -0.2) is 17.4 Å². The summed E-state index contributed by atoms with van der Waals surface area (Å²) in [7, 11) is -3.62. The quantitative estimate of drug-likeness (QED) is 0.712. The Hall–Kier alpha value is -1.66. The standard InChI is InChI=1S/C14H11BrN2O2S/c1-10-9-16-14-12(13(10)15)7-8-17(14)20(18,19)11-5-3-2-4-6-11/h2-9H,1H3. The summed E-state index contributed by atoms with van der Waals surface area (Å²) in [4.78, 5) is 4.49. The van der Waals surface area contributed by atoms with E-state index < -0.39 is 10.0 Å². The highest BCUT2D eigenvalue weighted by Gasteiger charge is 2.20. The number of aryl methyl sites for hydroxylation is 1. The van der Waals surface area contributed by atoms with Crippen LogP contribution in [0.3, 0.4) is 0 Å². The minimum Gasteiger partial charge on any atom is -0.237 e. The van der Waals surface area contributed by atoms with Crippen molar-refractivity contribution >= 4 is 37.0 Å². The number of fused-ring (bicyclic) bond motifs is 1. The molecule has 0 aliphatic carbocycles. The molecule has 0 amide bonds. The zero-order chi connectivity index (χ0) is 14.3. The highest BCUT2D eigenvalue weighted by Crippen LogP contribution is 2.28. The Balaban J connectivity index is 2.29. The topological polar surface area (TPSA) is 52.0 Å². The number of rotatable bonds is 2. The third-order valence-corrected chi connectivity index (χ3v) is 5.82. The Bertz CT molecular complexity index is 886.